The van der Waals surface area contributed by atoms with Gasteiger partial charge in [-0.2, -0.15) is 0 Å². The Balaban J connectivity index is 1.66. The molecule has 1 unspecified atom stereocenters. The van der Waals surface area contributed by atoms with Gasteiger partial charge in [0.15, 0.2) is 0 Å². The quantitative estimate of drug-likeness (QED) is 0.761. The van der Waals surface area contributed by atoms with Gasteiger partial charge < -0.3 is 15.0 Å². The summed E-state index contributed by atoms with van der Waals surface area (Å²) >= 11 is 0. The Hall–Kier alpha value is -0.120. The molecule has 0 aromatic rings. The Morgan fingerprint density at radius 2 is 1.94 bits per heavy atom. The van der Waals surface area contributed by atoms with Crippen molar-refractivity contribution in [3.05, 3.63) is 0 Å². The van der Waals surface area contributed by atoms with Gasteiger partial charge >= 0.3 is 0 Å². The van der Waals surface area contributed by atoms with Crippen LogP contribution < -0.4 is 5.32 Å². The number of morpholine rings is 1. The summed E-state index contributed by atoms with van der Waals surface area (Å²) in [6.45, 7) is 4.14. The zero-order chi connectivity index (χ0) is 11.9. The molecule has 1 aliphatic carbocycles. The number of nitrogens with zero attached hydrogens (tertiary/aromatic N) is 1. The summed E-state index contributed by atoms with van der Waals surface area (Å²) in [5, 5.41) is 3.40. The van der Waals surface area contributed by atoms with E-state index in [1.54, 1.807) is 0 Å². The van der Waals surface area contributed by atoms with Gasteiger partial charge in [0, 0.05) is 25.7 Å². The molecule has 1 saturated heterocycles. The Kier molecular flexibility index (Phi) is 5.75. The summed E-state index contributed by atoms with van der Waals surface area (Å²) in [5.41, 5.74) is 0. The molecular weight excluding hydrogens is 212 g/mol. The SMILES string of the molecule is CN(CCC1CNCCO1)C1CCCCCC1. The first-order chi connectivity index (χ1) is 8.36. The van der Waals surface area contributed by atoms with E-state index < -0.39 is 0 Å². The third-order valence-electron chi connectivity index (χ3n) is 4.26. The molecule has 0 aromatic carbocycles. The van der Waals surface area contributed by atoms with Crippen LogP contribution >= 0.6 is 0 Å². The van der Waals surface area contributed by atoms with Crippen molar-refractivity contribution in [1.82, 2.24) is 10.2 Å². The molecule has 2 fully saturated rings. The standard InChI is InChI=1S/C14H28N2O/c1-16(13-6-4-2-3-5-7-13)10-8-14-12-15-9-11-17-14/h13-15H,2-12H2,1H3. The van der Waals surface area contributed by atoms with Gasteiger partial charge in [0.2, 0.25) is 0 Å². The second-order valence-corrected chi connectivity index (χ2v) is 5.61. The van der Waals surface area contributed by atoms with Gasteiger partial charge in [-0.25, -0.2) is 0 Å². The summed E-state index contributed by atoms with van der Waals surface area (Å²) in [5.74, 6) is 0. The lowest BCUT2D eigenvalue weighted by Crippen LogP contribution is -2.41. The first-order valence-electron chi connectivity index (χ1n) is 7.39. The number of hydrogen-bond acceptors (Lipinski definition) is 3. The van der Waals surface area contributed by atoms with Crippen molar-refractivity contribution in [3.63, 3.8) is 0 Å². The number of hydrogen-bond donors (Lipinski definition) is 1. The molecule has 0 aromatic heterocycles. The van der Waals surface area contributed by atoms with E-state index in [9.17, 15) is 0 Å². The molecule has 3 heteroatoms. The zero-order valence-electron chi connectivity index (χ0n) is 11.3. The van der Waals surface area contributed by atoms with Crippen molar-refractivity contribution in [2.45, 2.75) is 57.1 Å². The molecule has 17 heavy (non-hydrogen) atoms. The summed E-state index contributed by atoms with van der Waals surface area (Å²) in [6, 6.07) is 0.828. The lowest BCUT2D eigenvalue weighted by molar-refractivity contribution is 0.0161. The average Bonchev–Trinajstić information content (AvgIpc) is 2.66. The molecule has 0 radical (unpaired) electrons. The molecular formula is C14H28N2O. The van der Waals surface area contributed by atoms with Gasteiger partial charge in [-0.15, -0.1) is 0 Å². The zero-order valence-corrected chi connectivity index (χ0v) is 11.3. The Labute approximate surface area is 106 Å². The van der Waals surface area contributed by atoms with E-state index in [1.807, 2.05) is 0 Å². The number of nitrogens with one attached hydrogen (secondary N) is 1. The number of ether oxygens (including phenoxy) is 1. The maximum atomic E-state index is 5.75. The minimum Gasteiger partial charge on any atom is -0.376 e. The Morgan fingerprint density at radius 3 is 2.59 bits per heavy atom. The first kappa shape index (κ1) is 13.3. The monoisotopic (exact) mass is 240 g/mol. The molecule has 1 saturated carbocycles. The van der Waals surface area contributed by atoms with Crippen molar-refractivity contribution in [3.8, 4) is 0 Å². The van der Waals surface area contributed by atoms with Crippen molar-refractivity contribution >= 4 is 0 Å². The molecule has 100 valence electrons. The van der Waals surface area contributed by atoms with Crippen molar-refractivity contribution in [1.29, 1.82) is 0 Å². The van der Waals surface area contributed by atoms with Crippen LogP contribution in [0.2, 0.25) is 0 Å². The summed E-state index contributed by atoms with van der Waals surface area (Å²) in [6.07, 6.45) is 10.2. The highest BCUT2D eigenvalue weighted by molar-refractivity contribution is 4.75. The highest BCUT2D eigenvalue weighted by Crippen LogP contribution is 2.21. The molecule has 1 heterocycles. The normalized spacial score (nSPS) is 28.2. The van der Waals surface area contributed by atoms with Crippen LogP contribution in [0.5, 0.6) is 0 Å². The molecule has 1 aliphatic heterocycles. The van der Waals surface area contributed by atoms with Gasteiger partial charge in [0.05, 0.1) is 12.7 Å². The molecule has 2 rings (SSSR count). The summed E-state index contributed by atoms with van der Waals surface area (Å²) < 4.78 is 5.75. The minimum absolute atomic E-state index is 0.442. The minimum atomic E-state index is 0.442. The lowest BCUT2D eigenvalue weighted by Gasteiger charge is -2.30. The van der Waals surface area contributed by atoms with Crippen molar-refractivity contribution in [2.24, 2.45) is 0 Å². The highest BCUT2D eigenvalue weighted by Gasteiger charge is 2.19. The topological polar surface area (TPSA) is 24.5 Å². The lowest BCUT2D eigenvalue weighted by atomic mass is 10.1. The largest absolute Gasteiger partial charge is 0.376 e. The van der Waals surface area contributed by atoms with Crippen LogP contribution in [0.25, 0.3) is 0 Å². The van der Waals surface area contributed by atoms with E-state index in [2.05, 4.69) is 17.3 Å². The fourth-order valence-corrected chi connectivity index (χ4v) is 3.03. The van der Waals surface area contributed by atoms with Crippen molar-refractivity contribution in [2.75, 3.05) is 33.3 Å². The van der Waals surface area contributed by atoms with E-state index in [-0.39, 0.29) is 0 Å². The molecule has 2 aliphatic rings. The molecule has 1 N–H and O–H groups in total. The van der Waals surface area contributed by atoms with E-state index in [1.165, 1.54) is 51.5 Å². The smallest absolute Gasteiger partial charge is 0.0712 e. The fourth-order valence-electron chi connectivity index (χ4n) is 3.03. The van der Waals surface area contributed by atoms with Gasteiger partial charge in [-0.05, 0) is 26.3 Å². The fraction of sp³-hybridized carbons (Fsp3) is 1.00. The van der Waals surface area contributed by atoms with E-state index in [0.29, 0.717) is 6.10 Å². The maximum Gasteiger partial charge on any atom is 0.0712 e. The number of rotatable bonds is 4. The van der Waals surface area contributed by atoms with E-state index in [0.717, 1.165) is 25.7 Å². The summed E-state index contributed by atoms with van der Waals surface area (Å²) in [7, 11) is 2.30. The third-order valence-corrected chi connectivity index (χ3v) is 4.26. The van der Waals surface area contributed by atoms with Crippen LogP contribution in [0.1, 0.15) is 44.9 Å². The highest BCUT2D eigenvalue weighted by atomic mass is 16.5. The first-order valence-corrected chi connectivity index (χ1v) is 7.39. The second-order valence-electron chi connectivity index (χ2n) is 5.61. The van der Waals surface area contributed by atoms with Crippen molar-refractivity contribution < 1.29 is 4.74 Å². The van der Waals surface area contributed by atoms with E-state index in [4.69, 9.17) is 4.74 Å². The molecule has 0 bridgehead atoms. The van der Waals surface area contributed by atoms with Crippen LogP contribution in [0, 0.1) is 0 Å². The average molecular weight is 240 g/mol. The van der Waals surface area contributed by atoms with Gasteiger partial charge in [-0.1, -0.05) is 25.7 Å². The van der Waals surface area contributed by atoms with Crippen LogP contribution in [0.4, 0.5) is 0 Å². The predicted octanol–water partition coefficient (Wildman–Crippen LogP) is 2.02. The van der Waals surface area contributed by atoms with E-state index >= 15 is 0 Å². The molecule has 0 amide bonds. The summed E-state index contributed by atoms with van der Waals surface area (Å²) in [4.78, 5) is 2.57. The molecule has 1 atom stereocenters. The van der Waals surface area contributed by atoms with Crippen LogP contribution in [-0.4, -0.2) is 50.3 Å². The van der Waals surface area contributed by atoms with Gasteiger partial charge in [-0.3, -0.25) is 0 Å². The second kappa shape index (κ2) is 7.34. The van der Waals surface area contributed by atoms with Gasteiger partial charge in [0.25, 0.3) is 0 Å². The predicted molar refractivity (Wildman–Crippen MR) is 71.3 cm³/mol. The van der Waals surface area contributed by atoms with Crippen LogP contribution in [0.3, 0.4) is 0 Å². The van der Waals surface area contributed by atoms with Crippen LogP contribution in [0.15, 0.2) is 0 Å². The molecule has 3 nitrogen and oxygen atoms in total. The Bertz CT molecular complexity index is 196. The maximum absolute atomic E-state index is 5.75. The Morgan fingerprint density at radius 1 is 1.18 bits per heavy atom. The third kappa shape index (κ3) is 4.57. The molecule has 0 spiro atoms. The van der Waals surface area contributed by atoms with Gasteiger partial charge in [0.1, 0.15) is 0 Å². The van der Waals surface area contributed by atoms with Crippen LogP contribution in [-0.2, 0) is 4.74 Å².